The molecule has 0 unspecified atom stereocenters. The number of hydrogen-bond acceptors (Lipinski definition) is 9. The highest BCUT2D eigenvalue weighted by Gasteiger charge is 2.25. The number of carbonyl (C=O) groups is 2. The number of benzene rings is 4. The lowest BCUT2D eigenvalue weighted by atomic mass is 10.2. The number of methoxy groups -OCH3 is 1. The number of carboxylic acid groups (broad SMARTS) is 1. The van der Waals surface area contributed by atoms with Gasteiger partial charge in [0.2, 0.25) is 5.89 Å². The number of aryl methyl sites for hydroxylation is 2. The molecule has 0 fully saturated rings. The average molecular weight is 693 g/mol. The number of aliphatic carboxylic acids is 1. The second-order valence-electron chi connectivity index (χ2n) is 11.3. The van der Waals surface area contributed by atoms with E-state index in [9.17, 15) is 19.9 Å². The molecule has 0 saturated heterocycles. The van der Waals surface area contributed by atoms with Crippen LogP contribution in [0.2, 0.25) is 0 Å². The normalized spacial score (nSPS) is 10.5. The van der Waals surface area contributed by atoms with Crippen LogP contribution in [0, 0.1) is 20.8 Å². The van der Waals surface area contributed by atoms with Crippen molar-refractivity contribution in [3.05, 3.63) is 138 Å². The van der Waals surface area contributed by atoms with Gasteiger partial charge in [0.15, 0.2) is 5.76 Å². The van der Waals surface area contributed by atoms with Crippen molar-refractivity contribution < 1.29 is 47.7 Å². The van der Waals surface area contributed by atoms with E-state index >= 15 is 0 Å². The summed E-state index contributed by atoms with van der Waals surface area (Å²) in [5.41, 5.74) is 3.88. The molecule has 2 aromatic heterocycles. The van der Waals surface area contributed by atoms with E-state index in [1.165, 1.54) is 7.11 Å². The van der Waals surface area contributed by atoms with Crippen LogP contribution in [0.5, 0.6) is 17.2 Å². The van der Waals surface area contributed by atoms with Crippen LogP contribution in [0.4, 0.5) is 4.79 Å². The maximum absolute atomic E-state index is 12.6. The predicted molar refractivity (Wildman–Crippen MR) is 186 cm³/mol. The van der Waals surface area contributed by atoms with Crippen LogP contribution in [-0.4, -0.2) is 45.9 Å². The maximum atomic E-state index is 12.6. The lowest BCUT2D eigenvalue weighted by molar-refractivity contribution is -0.901. The first-order chi connectivity index (χ1) is 24.6. The van der Waals surface area contributed by atoms with Gasteiger partial charge in [0.1, 0.15) is 41.9 Å². The number of rotatable bonds is 11. The van der Waals surface area contributed by atoms with Crippen LogP contribution in [-0.2, 0) is 17.9 Å². The molecule has 262 valence electrons. The second-order valence-corrected chi connectivity index (χ2v) is 11.3. The number of amides is 1. The molecule has 0 aliphatic rings. The summed E-state index contributed by atoms with van der Waals surface area (Å²) in [6.07, 6.45) is -0.774. The van der Waals surface area contributed by atoms with Gasteiger partial charge in [-0.25, -0.2) is 9.78 Å². The summed E-state index contributed by atoms with van der Waals surface area (Å²) >= 11 is 0. The number of oxazole rings is 2. The first-order valence-electron chi connectivity index (χ1n) is 15.9. The molecule has 0 saturated carbocycles. The molecule has 0 radical (unpaired) electrons. The van der Waals surface area contributed by atoms with E-state index in [2.05, 4.69) is 4.98 Å². The van der Waals surface area contributed by atoms with Crippen molar-refractivity contribution in [2.24, 2.45) is 0 Å². The fourth-order valence-electron chi connectivity index (χ4n) is 4.81. The summed E-state index contributed by atoms with van der Waals surface area (Å²) in [5, 5.41) is 19.0. The molecular weight excluding hydrogens is 654 g/mol. The molecule has 0 bridgehead atoms. The van der Waals surface area contributed by atoms with E-state index in [0.29, 0.717) is 40.3 Å². The van der Waals surface area contributed by atoms with E-state index in [0.717, 1.165) is 32.2 Å². The molecule has 51 heavy (non-hydrogen) atoms. The first kappa shape index (κ1) is 35.7. The van der Waals surface area contributed by atoms with E-state index in [1.54, 1.807) is 48.5 Å². The van der Waals surface area contributed by atoms with Gasteiger partial charge in [0, 0.05) is 26.0 Å². The zero-order valence-electron chi connectivity index (χ0n) is 28.6. The van der Waals surface area contributed by atoms with Gasteiger partial charge >= 0.3 is 18.0 Å². The minimum atomic E-state index is -1.15. The van der Waals surface area contributed by atoms with Crippen LogP contribution in [0.25, 0.3) is 22.9 Å². The molecule has 12 nitrogen and oxygen atoms in total. The molecular formula is C39H38N3O9+. The van der Waals surface area contributed by atoms with Gasteiger partial charge in [0.05, 0.1) is 17.4 Å². The number of aromatic nitrogens is 2. The summed E-state index contributed by atoms with van der Waals surface area (Å²) in [6, 6.07) is 32.6. The number of carbonyl (C=O) groups excluding carboxylic acids is 1. The van der Waals surface area contributed by atoms with E-state index < -0.39 is 18.6 Å². The van der Waals surface area contributed by atoms with Crippen molar-refractivity contribution in [2.75, 3.05) is 13.7 Å². The average Bonchev–Trinajstić information content (AvgIpc) is 3.65. The van der Waals surface area contributed by atoms with E-state index in [1.807, 2.05) is 81.4 Å². The number of hydrogen-bond donors (Lipinski definition) is 2. The zero-order valence-corrected chi connectivity index (χ0v) is 28.6. The number of nitrogens with zero attached hydrogens (tertiary/aromatic N) is 3. The van der Waals surface area contributed by atoms with Crippen molar-refractivity contribution >= 4 is 12.1 Å². The standard InChI is InChI=1S/C28H26N2O7.C11H12NO2/c1-19-25(29-27(36-19)21-6-4-3-5-7-21)18-35-23-10-8-20(9-11-23)16-30(17-26(31)32)28(33)37-24-14-12-22(34-2)13-15-24;1-8-9(2)14-11(12(8)13)10-6-4-3-5-7-10/h3-15H,16-18H2,1-2H3,(H,31,32);3-7,13H,1-2H3/q;+1. The van der Waals surface area contributed by atoms with Gasteiger partial charge in [-0.1, -0.05) is 48.5 Å². The Morgan fingerprint density at radius 2 is 1.35 bits per heavy atom. The fraction of sp³-hybridized carbons (Fsp3) is 0.179. The van der Waals surface area contributed by atoms with Crippen molar-refractivity contribution in [1.82, 2.24) is 9.88 Å². The van der Waals surface area contributed by atoms with Gasteiger partial charge in [-0.3, -0.25) is 14.9 Å². The molecule has 6 aromatic rings. The highest BCUT2D eigenvalue weighted by atomic mass is 16.6. The number of carboxylic acids is 1. The lowest BCUT2D eigenvalue weighted by Crippen LogP contribution is -2.37. The minimum Gasteiger partial charge on any atom is -0.497 e. The molecule has 12 heteroatoms. The Kier molecular flexibility index (Phi) is 11.7. The molecule has 2 heterocycles. The third kappa shape index (κ3) is 9.54. The quantitative estimate of drug-likeness (QED) is 0.104. The van der Waals surface area contributed by atoms with Crippen LogP contribution >= 0.6 is 0 Å². The smallest absolute Gasteiger partial charge is 0.429 e. The summed E-state index contributed by atoms with van der Waals surface area (Å²) < 4.78 is 28.6. The Morgan fingerprint density at radius 1 is 0.765 bits per heavy atom. The lowest BCUT2D eigenvalue weighted by Gasteiger charge is -2.20. The Bertz CT molecular complexity index is 2040. The summed E-state index contributed by atoms with van der Waals surface area (Å²) in [5.74, 6) is 2.75. The monoisotopic (exact) mass is 692 g/mol. The summed E-state index contributed by atoms with van der Waals surface area (Å²) in [4.78, 5) is 29.6. The van der Waals surface area contributed by atoms with Gasteiger partial charge in [-0.15, -0.1) is 0 Å². The van der Waals surface area contributed by atoms with Gasteiger partial charge in [-0.05, 0) is 73.2 Å². The Balaban J connectivity index is 0.000000299. The largest absolute Gasteiger partial charge is 0.497 e. The summed E-state index contributed by atoms with van der Waals surface area (Å²) in [6.45, 7) is 5.23. The van der Waals surface area contributed by atoms with Gasteiger partial charge < -0.3 is 28.2 Å². The summed E-state index contributed by atoms with van der Waals surface area (Å²) in [7, 11) is 1.53. The third-order valence-electron chi connectivity index (χ3n) is 7.72. The van der Waals surface area contributed by atoms with Crippen molar-refractivity contribution in [2.45, 2.75) is 33.9 Å². The molecule has 4 aromatic carbocycles. The van der Waals surface area contributed by atoms with Crippen LogP contribution in [0.3, 0.4) is 0 Å². The molecule has 0 aliphatic carbocycles. The SMILES string of the molecule is COc1ccc(OC(=O)N(CC(=O)O)Cc2ccc(OCc3nc(-c4ccccc4)oc3C)cc2)cc1.Cc1oc(-c2ccccc2)[n+](O)c1C. The van der Waals surface area contributed by atoms with Crippen LogP contribution in [0.15, 0.2) is 118 Å². The fourth-order valence-corrected chi connectivity index (χ4v) is 4.81. The minimum absolute atomic E-state index is 0.0460. The molecule has 2 N–H and O–H groups in total. The molecule has 6 rings (SSSR count). The third-order valence-corrected chi connectivity index (χ3v) is 7.72. The predicted octanol–water partition coefficient (Wildman–Crippen LogP) is 7.41. The highest BCUT2D eigenvalue weighted by molar-refractivity contribution is 5.78. The zero-order chi connectivity index (χ0) is 36.3. The number of ether oxygens (including phenoxy) is 3. The van der Waals surface area contributed by atoms with Crippen LogP contribution < -0.4 is 18.9 Å². The van der Waals surface area contributed by atoms with Crippen molar-refractivity contribution in [3.63, 3.8) is 0 Å². The van der Waals surface area contributed by atoms with Gasteiger partial charge in [0.25, 0.3) is 5.69 Å². The first-order valence-corrected chi connectivity index (χ1v) is 15.9. The van der Waals surface area contributed by atoms with Crippen molar-refractivity contribution in [1.29, 1.82) is 0 Å². The van der Waals surface area contributed by atoms with E-state index in [4.69, 9.17) is 23.0 Å². The van der Waals surface area contributed by atoms with Crippen molar-refractivity contribution in [3.8, 4) is 40.2 Å². The molecule has 0 spiro atoms. The maximum Gasteiger partial charge on any atom is 0.429 e. The molecule has 0 atom stereocenters. The Labute approximate surface area is 294 Å². The molecule has 1 amide bonds. The second kappa shape index (κ2) is 16.7. The highest BCUT2D eigenvalue weighted by Crippen LogP contribution is 2.24. The van der Waals surface area contributed by atoms with Gasteiger partial charge in [-0.2, -0.15) is 0 Å². The Morgan fingerprint density at radius 3 is 1.92 bits per heavy atom. The van der Waals surface area contributed by atoms with Crippen LogP contribution in [0.1, 0.15) is 28.5 Å². The molecule has 0 aliphatic heterocycles. The van der Waals surface area contributed by atoms with E-state index in [-0.39, 0.29) is 18.9 Å². The Hall–Kier alpha value is -6.56. The topological polar surface area (TPSA) is 149 Å².